The van der Waals surface area contributed by atoms with Gasteiger partial charge in [-0.2, -0.15) is 0 Å². The molecule has 0 radical (unpaired) electrons. The predicted molar refractivity (Wildman–Crippen MR) is 54.3 cm³/mol. The summed E-state index contributed by atoms with van der Waals surface area (Å²) in [6, 6.07) is 0.493. The maximum atomic E-state index is 11.8. The third kappa shape index (κ3) is 3.02. The standard InChI is InChI=1S/C11H21NO/c1-7(2)10(8(3)4)11(13)12-9-5-6-9/h7-10H,5-6H2,1-4H3,(H,12,13). The zero-order valence-electron chi connectivity index (χ0n) is 9.13. The van der Waals surface area contributed by atoms with Gasteiger partial charge in [0.25, 0.3) is 0 Å². The van der Waals surface area contributed by atoms with Crippen LogP contribution in [0.4, 0.5) is 0 Å². The highest BCUT2D eigenvalue weighted by molar-refractivity contribution is 5.79. The summed E-state index contributed by atoms with van der Waals surface area (Å²) in [6.07, 6.45) is 2.35. The van der Waals surface area contributed by atoms with Crippen LogP contribution in [-0.2, 0) is 4.79 Å². The summed E-state index contributed by atoms with van der Waals surface area (Å²) in [5, 5.41) is 3.08. The Balaban J connectivity index is 2.46. The number of nitrogens with one attached hydrogen (secondary N) is 1. The highest BCUT2D eigenvalue weighted by atomic mass is 16.2. The number of rotatable bonds is 4. The summed E-state index contributed by atoms with van der Waals surface area (Å²) in [5.41, 5.74) is 0. The molecule has 1 rings (SSSR count). The Kier molecular flexibility index (Phi) is 3.34. The molecule has 1 aliphatic rings. The van der Waals surface area contributed by atoms with E-state index in [1.165, 1.54) is 12.8 Å². The van der Waals surface area contributed by atoms with Crippen molar-refractivity contribution in [2.45, 2.75) is 46.6 Å². The van der Waals surface area contributed by atoms with Gasteiger partial charge < -0.3 is 5.32 Å². The second kappa shape index (κ2) is 4.12. The van der Waals surface area contributed by atoms with Crippen molar-refractivity contribution in [2.75, 3.05) is 0 Å². The van der Waals surface area contributed by atoms with Gasteiger partial charge in [-0.1, -0.05) is 27.7 Å². The molecule has 2 heteroatoms. The van der Waals surface area contributed by atoms with Crippen molar-refractivity contribution in [3.8, 4) is 0 Å². The summed E-state index contributed by atoms with van der Waals surface area (Å²) in [6.45, 7) is 8.49. The molecule has 0 saturated heterocycles. The highest BCUT2D eigenvalue weighted by Crippen LogP contribution is 2.24. The van der Waals surface area contributed by atoms with Crippen molar-refractivity contribution in [3.63, 3.8) is 0 Å². The first-order valence-electron chi connectivity index (χ1n) is 5.32. The highest BCUT2D eigenvalue weighted by Gasteiger charge is 2.30. The second-order valence-corrected chi connectivity index (χ2v) is 4.80. The molecular formula is C11H21NO. The van der Waals surface area contributed by atoms with Crippen LogP contribution in [0.5, 0.6) is 0 Å². The molecule has 2 nitrogen and oxygen atoms in total. The first kappa shape index (κ1) is 10.6. The fourth-order valence-corrected chi connectivity index (χ4v) is 1.90. The Morgan fingerprint density at radius 3 is 1.92 bits per heavy atom. The number of hydrogen-bond acceptors (Lipinski definition) is 1. The maximum absolute atomic E-state index is 11.8. The van der Waals surface area contributed by atoms with Gasteiger partial charge in [-0.3, -0.25) is 4.79 Å². The average molecular weight is 183 g/mol. The molecule has 13 heavy (non-hydrogen) atoms. The lowest BCUT2D eigenvalue weighted by Gasteiger charge is -2.23. The molecule has 0 aromatic heterocycles. The fraction of sp³-hybridized carbons (Fsp3) is 0.909. The molecule has 0 spiro atoms. The SMILES string of the molecule is CC(C)C(C(=O)NC1CC1)C(C)C. The smallest absolute Gasteiger partial charge is 0.223 e. The monoisotopic (exact) mass is 183 g/mol. The van der Waals surface area contributed by atoms with Crippen molar-refractivity contribution < 1.29 is 4.79 Å². The zero-order valence-corrected chi connectivity index (χ0v) is 9.13. The first-order chi connectivity index (χ1) is 6.02. The molecule has 0 atom stereocenters. The van der Waals surface area contributed by atoms with E-state index in [9.17, 15) is 4.79 Å². The van der Waals surface area contributed by atoms with E-state index in [2.05, 4.69) is 33.0 Å². The summed E-state index contributed by atoms with van der Waals surface area (Å²) in [5.74, 6) is 1.32. The van der Waals surface area contributed by atoms with Gasteiger partial charge in [0.15, 0.2) is 0 Å². The lowest BCUT2D eigenvalue weighted by molar-refractivity contribution is -0.128. The van der Waals surface area contributed by atoms with Gasteiger partial charge >= 0.3 is 0 Å². The van der Waals surface area contributed by atoms with Crippen LogP contribution in [0.25, 0.3) is 0 Å². The van der Waals surface area contributed by atoms with Gasteiger partial charge in [0.1, 0.15) is 0 Å². The van der Waals surface area contributed by atoms with Crippen molar-refractivity contribution in [3.05, 3.63) is 0 Å². The van der Waals surface area contributed by atoms with Gasteiger partial charge in [0.2, 0.25) is 5.91 Å². The number of amides is 1. The van der Waals surface area contributed by atoms with Crippen molar-refractivity contribution >= 4 is 5.91 Å². The Morgan fingerprint density at radius 1 is 1.15 bits per heavy atom. The van der Waals surface area contributed by atoms with Crippen LogP contribution in [0.3, 0.4) is 0 Å². The van der Waals surface area contributed by atoms with E-state index in [0.29, 0.717) is 17.9 Å². The van der Waals surface area contributed by atoms with Gasteiger partial charge in [-0.05, 0) is 24.7 Å². The third-order valence-corrected chi connectivity index (χ3v) is 2.66. The van der Waals surface area contributed by atoms with Crippen molar-refractivity contribution in [2.24, 2.45) is 17.8 Å². The molecule has 0 aliphatic heterocycles. The van der Waals surface area contributed by atoms with Gasteiger partial charge in [0.05, 0.1) is 0 Å². The van der Waals surface area contributed by atoms with Gasteiger partial charge in [-0.25, -0.2) is 0 Å². The van der Waals surface area contributed by atoms with Crippen LogP contribution in [-0.4, -0.2) is 11.9 Å². The van der Waals surface area contributed by atoms with Crippen LogP contribution in [0.2, 0.25) is 0 Å². The molecule has 1 saturated carbocycles. The molecule has 76 valence electrons. The maximum Gasteiger partial charge on any atom is 0.223 e. The molecule has 0 bridgehead atoms. The van der Waals surface area contributed by atoms with E-state index in [-0.39, 0.29) is 11.8 Å². The van der Waals surface area contributed by atoms with E-state index in [1.54, 1.807) is 0 Å². The van der Waals surface area contributed by atoms with Crippen LogP contribution < -0.4 is 5.32 Å². The van der Waals surface area contributed by atoms with E-state index >= 15 is 0 Å². The summed E-state index contributed by atoms with van der Waals surface area (Å²) in [4.78, 5) is 11.8. The molecule has 1 aliphatic carbocycles. The van der Waals surface area contributed by atoms with Crippen molar-refractivity contribution in [1.29, 1.82) is 0 Å². The molecule has 0 aromatic carbocycles. The van der Waals surface area contributed by atoms with Crippen molar-refractivity contribution in [1.82, 2.24) is 5.32 Å². The molecule has 1 amide bonds. The third-order valence-electron chi connectivity index (χ3n) is 2.66. The van der Waals surface area contributed by atoms with E-state index in [4.69, 9.17) is 0 Å². The van der Waals surface area contributed by atoms with Crippen LogP contribution in [0.15, 0.2) is 0 Å². The Hall–Kier alpha value is -0.530. The summed E-state index contributed by atoms with van der Waals surface area (Å²) in [7, 11) is 0. The second-order valence-electron chi connectivity index (χ2n) is 4.80. The molecule has 1 N–H and O–H groups in total. The molecule has 1 fully saturated rings. The minimum atomic E-state index is 0.181. The number of carbonyl (C=O) groups is 1. The van der Waals surface area contributed by atoms with Crippen LogP contribution >= 0.6 is 0 Å². The number of carbonyl (C=O) groups excluding carboxylic acids is 1. The molecule has 0 aromatic rings. The van der Waals surface area contributed by atoms with Crippen LogP contribution in [0, 0.1) is 17.8 Å². The topological polar surface area (TPSA) is 29.1 Å². The minimum absolute atomic E-state index is 0.181. The summed E-state index contributed by atoms with van der Waals surface area (Å²) >= 11 is 0. The minimum Gasteiger partial charge on any atom is -0.353 e. The Bertz CT molecular complexity index is 175. The fourth-order valence-electron chi connectivity index (χ4n) is 1.90. The lowest BCUT2D eigenvalue weighted by atomic mass is 9.85. The number of hydrogen-bond donors (Lipinski definition) is 1. The normalized spacial score (nSPS) is 17.2. The Labute approximate surface area is 81.1 Å². The van der Waals surface area contributed by atoms with E-state index < -0.39 is 0 Å². The molecular weight excluding hydrogens is 162 g/mol. The average Bonchev–Trinajstić information content (AvgIpc) is 2.68. The lowest BCUT2D eigenvalue weighted by Crippen LogP contribution is -2.37. The quantitative estimate of drug-likeness (QED) is 0.711. The largest absolute Gasteiger partial charge is 0.353 e. The molecule has 0 unspecified atom stereocenters. The van der Waals surface area contributed by atoms with Gasteiger partial charge in [0, 0.05) is 12.0 Å². The van der Waals surface area contributed by atoms with Gasteiger partial charge in [-0.15, -0.1) is 0 Å². The zero-order chi connectivity index (χ0) is 10.0. The summed E-state index contributed by atoms with van der Waals surface area (Å²) < 4.78 is 0. The Morgan fingerprint density at radius 2 is 1.62 bits per heavy atom. The van der Waals surface area contributed by atoms with E-state index in [0.717, 1.165) is 0 Å². The predicted octanol–water partition coefficient (Wildman–Crippen LogP) is 2.19. The first-order valence-corrected chi connectivity index (χ1v) is 5.32. The molecule has 0 heterocycles. The van der Waals surface area contributed by atoms with Crippen LogP contribution in [0.1, 0.15) is 40.5 Å². The van der Waals surface area contributed by atoms with E-state index in [1.807, 2.05) is 0 Å².